The van der Waals surface area contributed by atoms with Gasteiger partial charge in [-0.1, -0.05) is 0 Å². The number of nitrogens with zero attached hydrogens (tertiary/aromatic N) is 2. The molecule has 0 aliphatic rings. The number of hydrogen-bond donors (Lipinski definition) is 1. The highest BCUT2D eigenvalue weighted by atomic mass is 79.9. The Bertz CT molecular complexity index is 435. The minimum Gasteiger partial charge on any atom is -0.452 e. The Labute approximate surface area is 89.8 Å². The monoisotopic (exact) mass is 255 g/mol. The van der Waals surface area contributed by atoms with Gasteiger partial charge in [-0.2, -0.15) is 5.10 Å². The molecule has 0 bridgehead atoms. The fourth-order valence-corrected chi connectivity index (χ4v) is 1.64. The molecule has 0 aromatic carbocycles. The largest absolute Gasteiger partial charge is 0.452 e. The number of anilines is 1. The van der Waals surface area contributed by atoms with Crippen LogP contribution in [0.15, 0.2) is 33.5 Å². The molecule has 0 saturated heterocycles. The summed E-state index contributed by atoms with van der Waals surface area (Å²) in [5.74, 6) is 1.46. The maximum Gasteiger partial charge on any atom is 0.169 e. The Morgan fingerprint density at radius 3 is 2.79 bits per heavy atom. The van der Waals surface area contributed by atoms with E-state index >= 15 is 0 Å². The Morgan fingerprint density at radius 2 is 2.29 bits per heavy atom. The molecule has 74 valence electrons. The smallest absolute Gasteiger partial charge is 0.169 e. The average Bonchev–Trinajstić information content (AvgIpc) is 2.73. The van der Waals surface area contributed by atoms with Crippen molar-refractivity contribution in [2.24, 2.45) is 0 Å². The third-order valence-electron chi connectivity index (χ3n) is 2.07. The molecular formula is C9H10BrN3O. The zero-order valence-corrected chi connectivity index (χ0v) is 9.23. The van der Waals surface area contributed by atoms with Crippen LogP contribution in [0.2, 0.25) is 0 Å². The molecule has 2 heterocycles. The standard InChI is InChI=1S/C9H10BrN3O/c1-6(7-2-3-8(10)14-7)13-9(11)4-5-12-13/h2-6H,11H2,1H3. The van der Waals surface area contributed by atoms with Gasteiger partial charge in [-0.15, -0.1) is 0 Å². The molecule has 2 aromatic rings. The van der Waals surface area contributed by atoms with E-state index in [0.717, 1.165) is 5.76 Å². The van der Waals surface area contributed by atoms with Crippen LogP contribution in [0.25, 0.3) is 0 Å². The van der Waals surface area contributed by atoms with Crippen molar-refractivity contribution < 1.29 is 4.42 Å². The molecule has 2 N–H and O–H groups in total. The molecule has 4 nitrogen and oxygen atoms in total. The van der Waals surface area contributed by atoms with Gasteiger partial charge in [0.15, 0.2) is 4.67 Å². The van der Waals surface area contributed by atoms with Gasteiger partial charge in [0.1, 0.15) is 17.6 Å². The molecule has 2 aromatic heterocycles. The Balaban J connectivity index is 2.33. The molecule has 5 heteroatoms. The molecule has 1 unspecified atom stereocenters. The molecule has 0 fully saturated rings. The van der Waals surface area contributed by atoms with E-state index in [1.54, 1.807) is 16.9 Å². The first-order valence-electron chi connectivity index (χ1n) is 4.22. The van der Waals surface area contributed by atoms with Gasteiger partial charge in [-0.05, 0) is 41.1 Å². The van der Waals surface area contributed by atoms with Crippen molar-refractivity contribution in [2.75, 3.05) is 5.73 Å². The molecule has 14 heavy (non-hydrogen) atoms. The van der Waals surface area contributed by atoms with E-state index < -0.39 is 0 Å². The predicted molar refractivity (Wildman–Crippen MR) is 56.9 cm³/mol. The van der Waals surface area contributed by atoms with E-state index in [-0.39, 0.29) is 6.04 Å². The van der Waals surface area contributed by atoms with Gasteiger partial charge in [-0.25, -0.2) is 4.68 Å². The van der Waals surface area contributed by atoms with Gasteiger partial charge in [-0.3, -0.25) is 0 Å². The van der Waals surface area contributed by atoms with Crippen LogP contribution in [0.4, 0.5) is 5.82 Å². The van der Waals surface area contributed by atoms with Gasteiger partial charge in [0.2, 0.25) is 0 Å². The van der Waals surface area contributed by atoms with E-state index in [1.165, 1.54) is 0 Å². The number of nitrogens with two attached hydrogens (primary N) is 1. The summed E-state index contributed by atoms with van der Waals surface area (Å²) < 4.78 is 7.85. The predicted octanol–water partition coefficient (Wildman–Crippen LogP) is 2.43. The van der Waals surface area contributed by atoms with Crippen LogP contribution in [0.1, 0.15) is 18.7 Å². The maximum absolute atomic E-state index is 5.73. The highest BCUT2D eigenvalue weighted by molar-refractivity contribution is 9.10. The summed E-state index contributed by atoms with van der Waals surface area (Å²) in [6.45, 7) is 1.98. The summed E-state index contributed by atoms with van der Waals surface area (Å²) in [6.07, 6.45) is 1.67. The van der Waals surface area contributed by atoms with Crippen LogP contribution in [-0.4, -0.2) is 9.78 Å². The van der Waals surface area contributed by atoms with Gasteiger partial charge in [0, 0.05) is 0 Å². The summed E-state index contributed by atoms with van der Waals surface area (Å²) in [7, 11) is 0. The van der Waals surface area contributed by atoms with E-state index in [2.05, 4.69) is 21.0 Å². The summed E-state index contributed by atoms with van der Waals surface area (Å²) >= 11 is 3.25. The normalized spacial score (nSPS) is 13.0. The van der Waals surface area contributed by atoms with Crippen LogP contribution >= 0.6 is 15.9 Å². The molecule has 1 atom stereocenters. The van der Waals surface area contributed by atoms with Crippen LogP contribution in [-0.2, 0) is 0 Å². The van der Waals surface area contributed by atoms with Gasteiger partial charge in [0.25, 0.3) is 0 Å². The first-order valence-corrected chi connectivity index (χ1v) is 5.02. The zero-order valence-electron chi connectivity index (χ0n) is 7.64. The van der Waals surface area contributed by atoms with Crippen LogP contribution in [0.5, 0.6) is 0 Å². The molecule has 0 aliphatic heterocycles. The van der Waals surface area contributed by atoms with Crippen molar-refractivity contribution >= 4 is 21.7 Å². The number of nitrogen functional groups attached to an aromatic ring is 1. The number of rotatable bonds is 2. The molecule has 0 aliphatic carbocycles. The molecule has 2 rings (SSSR count). The van der Waals surface area contributed by atoms with Gasteiger partial charge >= 0.3 is 0 Å². The van der Waals surface area contributed by atoms with Crippen LogP contribution in [0, 0.1) is 0 Å². The summed E-state index contributed by atoms with van der Waals surface area (Å²) in [6, 6.07) is 5.52. The van der Waals surface area contributed by atoms with Gasteiger partial charge < -0.3 is 10.2 Å². The van der Waals surface area contributed by atoms with Crippen molar-refractivity contribution in [2.45, 2.75) is 13.0 Å². The van der Waals surface area contributed by atoms with E-state index in [4.69, 9.17) is 10.2 Å². The molecule has 0 radical (unpaired) electrons. The molecule has 0 spiro atoms. The van der Waals surface area contributed by atoms with Crippen molar-refractivity contribution in [3.05, 3.63) is 34.8 Å². The Morgan fingerprint density at radius 1 is 1.50 bits per heavy atom. The third-order valence-corrected chi connectivity index (χ3v) is 2.50. The minimum absolute atomic E-state index is 0.0105. The second-order valence-corrected chi connectivity index (χ2v) is 3.80. The van der Waals surface area contributed by atoms with Crippen molar-refractivity contribution in [1.82, 2.24) is 9.78 Å². The fourth-order valence-electron chi connectivity index (χ4n) is 1.32. The minimum atomic E-state index is 0.0105. The first kappa shape index (κ1) is 9.33. The summed E-state index contributed by atoms with van der Waals surface area (Å²) in [4.78, 5) is 0. The number of hydrogen-bond acceptors (Lipinski definition) is 3. The highest BCUT2D eigenvalue weighted by Crippen LogP contribution is 2.24. The lowest BCUT2D eigenvalue weighted by molar-refractivity contribution is 0.416. The summed E-state index contributed by atoms with van der Waals surface area (Å²) in [5.41, 5.74) is 5.73. The SMILES string of the molecule is CC(c1ccc(Br)o1)n1nccc1N. The average molecular weight is 256 g/mol. The maximum atomic E-state index is 5.73. The summed E-state index contributed by atoms with van der Waals surface area (Å²) in [5, 5.41) is 4.12. The van der Waals surface area contributed by atoms with Gasteiger partial charge in [0.05, 0.1) is 6.20 Å². The highest BCUT2D eigenvalue weighted by Gasteiger charge is 2.14. The van der Waals surface area contributed by atoms with E-state index in [1.807, 2.05) is 19.1 Å². The fraction of sp³-hybridized carbons (Fsp3) is 0.222. The van der Waals surface area contributed by atoms with E-state index in [9.17, 15) is 0 Å². The lowest BCUT2D eigenvalue weighted by atomic mass is 10.2. The molecule has 0 amide bonds. The zero-order chi connectivity index (χ0) is 10.1. The first-order chi connectivity index (χ1) is 6.68. The van der Waals surface area contributed by atoms with Crippen molar-refractivity contribution in [3.63, 3.8) is 0 Å². The topological polar surface area (TPSA) is 57.0 Å². The number of halogens is 1. The van der Waals surface area contributed by atoms with Crippen LogP contribution in [0.3, 0.4) is 0 Å². The lowest BCUT2D eigenvalue weighted by Crippen LogP contribution is -2.10. The number of furan rings is 1. The number of aromatic nitrogens is 2. The van der Waals surface area contributed by atoms with Crippen LogP contribution < -0.4 is 5.73 Å². The second-order valence-electron chi connectivity index (χ2n) is 3.02. The lowest BCUT2D eigenvalue weighted by Gasteiger charge is -2.10. The second kappa shape index (κ2) is 3.49. The molecular weight excluding hydrogens is 246 g/mol. The van der Waals surface area contributed by atoms with Crippen molar-refractivity contribution in [3.8, 4) is 0 Å². The quantitative estimate of drug-likeness (QED) is 0.897. The Kier molecular flexibility index (Phi) is 2.33. The Hall–Kier alpha value is -1.23. The van der Waals surface area contributed by atoms with E-state index in [0.29, 0.717) is 10.5 Å². The third kappa shape index (κ3) is 1.55. The van der Waals surface area contributed by atoms with Crippen molar-refractivity contribution in [1.29, 1.82) is 0 Å². The molecule has 0 saturated carbocycles.